The first-order valence-corrected chi connectivity index (χ1v) is 5.95. The lowest BCUT2D eigenvalue weighted by Crippen LogP contribution is -2.40. The Morgan fingerprint density at radius 2 is 1.41 bits per heavy atom. The van der Waals surface area contributed by atoms with E-state index in [-0.39, 0.29) is 0 Å². The molecule has 4 nitrogen and oxygen atoms in total. The van der Waals surface area contributed by atoms with E-state index in [1.165, 1.54) is 0 Å². The summed E-state index contributed by atoms with van der Waals surface area (Å²) in [5.74, 6) is -3.45. The van der Waals surface area contributed by atoms with Crippen molar-refractivity contribution in [2.24, 2.45) is 0 Å². The van der Waals surface area contributed by atoms with Gasteiger partial charge in [0.2, 0.25) is 0 Å². The van der Waals surface area contributed by atoms with Gasteiger partial charge in [0.1, 0.15) is 0 Å². The minimum atomic E-state index is -5.83. The molecule has 0 aromatic carbocycles. The van der Waals surface area contributed by atoms with Crippen molar-refractivity contribution in [2.45, 2.75) is 25.7 Å². The fourth-order valence-electron chi connectivity index (χ4n) is 0.834. The van der Waals surface area contributed by atoms with Crippen LogP contribution in [0.1, 0.15) is 13.8 Å². The van der Waals surface area contributed by atoms with Crippen LogP contribution in [-0.2, 0) is 18.4 Å². The van der Waals surface area contributed by atoms with Gasteiger partial charge < -0.3 is 9.05 Å². The number of hydrogen-bond donors (Lipinski definition) is 0. The van der Waals surface area contributed by atoms with E-state index < -0.39 is 38.4 Å². The molecule has 0 bridgehead atoms. The third-order valence-corrected chi connectivity index (χ3v) is 3.56. The number of carbonyl (C=O) groups is 1. The summed E-state index contributed by atoms with van der Waals surface area (Å²) in [5, 5.41) is 0. The first kappa shape index (κ1) is 16.5. The number of carbonyl (C=O) groups excluding carboxylic acids is 1. The van der Waals surface area contributed by atoms with Crippen molar-refractivity contribution >= 4 is 13.4 Å². The number of rotatable bonds is 6. The molecule has 0 saturated heterocycles. The smallest absolute Gasteiger partial charge is 0.304 e. The minimum Gasteiger partial charge on any atom is -0.304 e. The standard InChI is InChI=1S/C7H10F5O4P/c1-3-15-17(14,16-4-2)7(11,12)5(13)6(8,9)10/h3-4H2,1-2H3. The van der Waals surface area contributed by atoms with E-state index in [4.69, 9.17) is 0 Å². The Kier molecular flexibility index (Phi) is 5.24. The molecule has 0 aliphatic carbocycles. The van der Waals surface area contributed by atoms with E-state index in [0.29, 0.717) is 0 Å². The zero-order valence-electron chi connectivity index (χ0n) is 8.88. The van der Waals surface area contributed by atoms with Gasteiger partial charge in [0, 0.05) is 0 Å². The van der Waals surface area contributed by atoms with Crippen molar-refractivity contribution in [2.75, 3.05) is 13.2 Å². The summed E-state index contributed by atoms with van der Waals surface area (Å²) in [6.07, 6.45) is -5.83. The Balaban J connectivity index is 5.37. The fraction of sp³-hybridized carbons (Fsp3) is 0.857. The molecule has 0 saturated carbocycles. The predicted octanol–water partition coefficient (Wildman–Crippen LogP) is 2.98. The molecule has 0 amide bonds. The number of ketones is 1. The molecule has 0 heterocycles. The highest BCUT2D eigenvalue weighted by atomic mass is 31.2. The maximum Gasteiger partial charge on any atom is 0.457 e. The monoisotopic (exact) mass is 284 g/mol. The molecule has 0 radical (unpaired) electrons. The van der Waals surface area contributed by atoms with Gasteiger partial charge in [0.15, 0.2) is 0 Å². The molecule has 0 fully saturated rings. The van der Waals surface area contributed by atoms with Gasteiger partial charge in [-0.05, 0) is 13.8 Å². The number of hydrogen-bond acceptors (Lipinski definition) is 4. The summed E-state index contributed by atoms with van der Waals surface area (Å²) in [7, 11) is -5.48. The van der Waals surface area contributed by atoms with E-state index in [1.54, 1.807) is 0 Å². The summed E-state index contributed by atoms with van der Waals surface area (Å²) >= 11 is 0. The van der Waals surface area contributed by atoms with Gasteiger partial charge in [-0.3, -0.25) is 9.36 Å². The molecule has 0 rings (SSSR count). The Morgan fingerprint density at radius 1 is 1.06 bits per heavy atom. The van der Waals surface area contributed by atoms with Crippen molar-refractivity contribution in [1.82, 2.24) is 0 Å². The Morgan fingerprint density at radius 3 is 1.65 bits per heavy atom. The van der Waals surface area contributed by atoms with Gasteiger partial charge in [-0.1, -0.05) is 0 Å². The van der Waals surface area contributed by atoms with E-state index in [0.717, 1.165) is 13.8 Å². The zero-order chi connectivity index (χ0) is 13.9. The predicted molar refractivity (Wildman–Crippen MR) is 46.9 cm³/mol. The van der Waals surface area contributed by atoms with Gasteiger partial charge in [-0.25, -0.2) is 0 Å². The van der Waals surface area contributed by atoms with Crippen molar-refractivity contribution in [3.63, 3.8) is 0 Å². The van der Waals surface area contributed by atoms with Crippen molar-refractivity contribution < 1.29 is 40.4 Å². The second-order valence-corrected chi connectivity index (χ2v) is 4.77. The number of alkyl halides is 5. The van der Waals surface area contributed by atoms with Gasteiger partial charge in [-0.2, -0.15) is 22.0 Å². The zero-order valence-corrected chi connectivity index (χ0v) is 9.78. The quantitative estimate of drug-likeness (QED) is 0.556. The topological polar surface area (TPSA) is 52.6 Å². The molecule has 0 unspecified atom stereocenters. The molecule has 0 atom stereocenters. The third kappa shape index (κ3) is 3.46. The highest BCUT2D eigenvalue weighted by molar-refractivity contribution is 7.56. The first-order valence-electron chi connectivity index (χ1n) is 4.41. The molecule has 17 heavy (non-hydrogen) atoms. The van der Waals surface area contributed by atoms with Crippen LogP contribution in [0.3, 0.4) is 0 Å². The Labute approximate surface area is 93.6 Å². The molecule has 0 aliphatic rings. The van der Waals surface area contributed by atoms with Crippen LogP contribution < -0.4 is 0 Å². The number of halogens is 5. The van der Waals surface area contributed by atoms with E-state index >= 15 is 0 Å². The first-order chi connectivity index (χ1) is 7.53. The minimum absolute atomic E-state index is 0.585. The van der Waals surface area contributed by atoms with Crippen molar-refractivity contribution in [3.8, 4) is 0 Å². The molecule has 0 spiro atoms. The summed E-state index contributed by atoms with van der Waals surface area (Å²) < 4.78 is 81.4. The second kappa shape index (κ2) is 5.41. The molecule has 0 N–H and O–H groups in total. The highest BCUT2D eigenvalue weighted by Crippen LogP contribution is 2.63. The van der Waals surface area contributed by atoms with Crippen LogP contribution in [0.4, 0.5) is 22.0 Å². The Hall–Kier alpha value is -0.530. The lowest BCUT2D eigenvalue weighted by molar-refractivity contribution is -0.188. The molecular formula is C7H10F5O4P. The van der Waals surface area contributed by atoms with Crippen LogP contribution in [0.2, 0.25) is 0 Å². The van der Waals surface area contributed by atoms with Crippen LogP contribution in [0, 0.1) is 0 Å². The molecular weight excluding hydrogens is 274 g/mol. The average molecular weight is 284 g/mol. The van der Waals surface area contributed by atoms with Crippen LogP contribution >= 0.6 is 7.60 Å². The number of Topliss-reactive ketones (excluding diaryl/α,β-unsaturated/α-hetero) is 1. The van der Waals surface area contributed by atoms with Crippen molar-refractivity contribution in [3.05, 3.63) is 0 Å². The maximum atomic E-state index is 13.2. The van der Waals surface area contributed by atoms with E-state index in [9.17, 15) is 31.3 Å². The van der Waals surface area contributed by atoms with Crippen LogP contribution in [0.15, 0.2) is 0 Å². The average Bonchev–Trinajstić information content (AvgIpc) is 2.15. The molecule has 0 aliphatic heterocycles. The van der Waals surface area contributed by atoms with Gasteiger partial charge in [0.25, 0.3) is 0 Å². The fourth-order valence-corrected chi connectivity index (χ4v) is 2.29. The van der Waals surface area contributed by atoms with Crippen molar-refractivity contribution in [1.29, 1.82) is 0 Å². The molecule has 10 heteroatoms. The van der Waals surface area contributed by atoms with E-state index in [1.807, 2.05) is 0 Å². The van der Waals surface area contributed by atoms with Gasteiger partial charge in [0.05, 0.1) is 13.2 Å². The largest absolute Gasteiger partial charge is 0.457 e. The lowest BCUT2D eigenvalue weighted by atomic mass is 10.4. The Bertz CT molecular complexity index is 317. The highest BCUT2D eigenvalue weighted by Gasteiger charge is 2.67. The molecule has 0 aromatic rings. The summed E-state index contributed by atoms with van der Waals surface area (Å²) in [5.41, 5.74) is -5.25. The second-order valence-electron chi connectivity index (χ2n) is 2.70. The molecule has 0 aromatic heterocycles. The van der Waals surface area contributed by atoms with Crippen LogP contribution in [0.25, 0.3) is 0 Å². The SMILES string of the molecule is CCOP(=O)(OCC)C(F)(F)C(=O)C(F)(F)F. The summed E-state index contributed by atoms with van der Waals surface area (Å²) in [4.78, 5) is 10.5. The van der Waals surface area contributed by atoms with Gasteiger partial charge >= 0.3 is 25.2 Å². The summed E-state index contributed by atoms with van der Waals surface area (Å²) in [6, 6.07) is 0. The van der Waals surface area contributed by atoms with Gasteiger partial charge in [-0.15, -0.1) is 0 Å². The third-order valence-electron chi connectivity index (χ3n) is 1.47. The normalized spacial score (nSPS) is 13.8. The maximum absolute atomic E-state index is 13.2. The van der Waals surface area contributed by atoms with E-state index in [2.05, 4.69) is 9.05 Å². The lowest BCUT2D eigenvalue weighted by Gasteiger charge is -2.24. The van der Waals surface area contributed by atoms with Crippen LogP contribution in [0.5, 0.6) is 0 Å². The van der Waals surface area contributed by atoms with Crippen LogP contribution in [-0.4, -0.2) is 30.8 Å². The summed E-state index contributed by atoms with van der Waals surface area (Å²) in [6.45, 7) is 1.08. The molecule has 102 valence electrons.